The van der Waals surface area contributed by atoms with E-state index in [0.29, 0.717) is 10.6 Å². The summed E-state index contributed by atoms with van der Waals surface area (Å²) in [5.41, 5.74) is 1.17. The summed E-state index contributed by atoms with van der Waals surface area (Å²) in [6.45, 7) is 0. The van der Waals surface area contributed by atoms with Gasteiger partial charge in [-0.15, -0.1) is 0 Å². The topological polar surface area (TPSA) is 52.0 Å². The summed E-state index contributed by atoms with van der Waals surface area (Å²) in [6.07, 6.45) is 0. The van der Waals surface area contributed by atoms with E-state index in [1.165, 1.54) is 16.3 Å². The molecule has 0 atom stereocenters. The molecule has 1 aromatic heterocycles. The molecule has 0 saturated carbocycles. The first-order valence-corrected chi connectivity index (χ1v) is 7.82. The molecule has 0 N–H and O–H groups in total. The number of carbonyl (C=O) groups is 1. The van der Waals surface area contributed by atoms with Gasteiger partial charge in [0.1, 0.15) is 5.03 Å². The van der Waals surface area contributed by atoms with Crippen LogP contribution in [0.2, 0.25) is 0 Å². The molecule has 5 heteroatoms. The van der Waals surface area contributed by atoms with Gasteiger partial charge in [0.05, 0.1) is 11.3 Å². The summed E-state index contributed by atoms with van der Waals surface area (Å²) in [6, 6.07) is 16.7. The van der Waals surface area contributed by atoms with Crippen LogP contribution in [0.4, 0.5) is 0 Å². The number of nitrogens with zero attached hydrogens (tertiary/aromatic N) is 2. The zero-order valence-electron chi connectivity index (χ0n) is 12.0. The predicted molar refractivity (Wildman–Crippen MR) is 88.5 cm³/mol. The van der Waals surface area contributed by atoms with Crippen molar-refractivity contribution < 1.29 is 4.79 Å². The fourth-order valence-corrected chi connectivity index (χ4v) is 3.13. The third-order valence-electron chi connectivity index (χ3n) is 3.42. The van der Waals surface area contributed by atoms with Crippen LogP contribution in [-0.4, -0.2) is 21.1 Å². The largest absolute Gasteiger partial charge is 0.348 e. The second-order valence-electron chi connectivity index (χ2n) is 4.85. The van der Waals surface area contributed by atoms with Crippen molar-refractivity contribution in [3.8, 4) is 0 Å². The van der Waals surface area contributed by atoms with Gasteiger partial charge in [-0.05, 0) is 6.07 Å². The number of Topliss-reactive ketones (excluding diaryl/α,β-unsaturated/α-hetero) is 1. The lowest BCUT2D eigenvalue weighted by atomic mass is 10.2. The Bertz CT molecular complexity index is 888. The number of hydrogen-bond donors (Lipinski definition) is 0. The van der Waals surface area contributed by atoms with Crippen LogP contribution in [0.3, 0.4) is 0 Å². The summed E-state index contributed by atoms with van der Waals surface area (Å²) >= 11 is 1.30. The minimum absolute atomic E-state index is 0.0251. The highest BCUT2D eigenvalue weighted by Crippen LogP contribution is 2.24. The number of rotatable bonds is 4. The lowest BCUT2D eigenvalue weighted by Gasteiger charge is -2.08. The van der Waals surface area contributed by atoms with Crippen LogP contribution in [0.5, 0.6) is 0 Å². The Morgan fingerprint density at radius 3 is 2.55 bits per heavy atom. The first-order valence-electron chi connectivity index (χ1n) is 6.83. The maximum Gasteiger partial charge on any atom is 0.348 e. The molecule has 0 aliphatic rings. The van der Waals surface area contributed by atoms with E-state index in [4.69, 9.17) is 0 Å². The molecule has 0 aliphatic heterocycles. The third-order valence-corrected chi connectivity index (χ3v) is 4.41. The van der Waals surface area contributed by atoms with Gasteiger partial charge >= 0.3 is 5.69 Å². The molecule has 0 amide bonds. The van der Waals surface area contributed by atoms with Crippen LogP contribution < -0.4 is 5.69 Å². The van der Waals surface area contributed by atoms with Gasteiger partial charge in [0, 0.05) is 18.0 Å². The summed E-state index contributed by atoms with van der Waals surface area (Å²) in [5, 5.41) is 1.48. The number of thioether (sulfide) groups is 1. The van der Waals surface area contributed by atoms with E-state index in [1.807, 2.05) is 42.5 Å². The third kappa shape index (κ3) is 2.80. The van der Waals surface area contributed by atoms with Gasteiger partial charge in [-0.3, -0.25) is 9.36 Å². The fraction of sp³-hybridized carbons (Fsp3) is 0.118. The van der Waals surface area contributed by atoms with E-state index in [9.17, 15) is 9.59 Å². The lowest BCUT2D eigenvalue weighted by molar-refractivity contribution is 0.102. The molecule has 22 heavy (non-hydrogen) atoms. The van der Waals surface area contributed by atoms with Crippen LogP contribution in [-0.2, 0) is 7.05 Å². The van der Waals surface area contributed by atoms with Gasteiger partial charge in [0.15, 0.2) is 5.78 Å². The molecule has 0 saturated heterocycles. The average Bonchev–Trinajstić information content (AvgIpc) is 2.57. The monoisotopic (exact) mass is 310 g/mol. The minimum Gasteiger partial charge on any atom is -0.295 e. The van der Waals surface area contributed by atoms with Gasteiger partial charge in [0.2, 0.25) is 0 Å². The highest BCUT2D eigenvalue weighted by Gasteiger charge is 2.11. The first kappa shape index (κ1) is 14.5. The normalized spacial score (nSPS) is 10.8. The van der Waals surface area contributed by atoms with Gasteiger partial charge in [-0.1, -0.05) is 60.3 Å². The highest BCUT2D eigenvalue weighted by molar-refractivity contribution is 8.00. The van der Waals surface area contributed by atoms with Crippen molar-refractivity contribution in [2.75, 3.05) is 5.75 Å². The van der Waals surface area contributed by atoms with E-state index in [1.54, 1.807) is 19.2 Å². The molecule has 0 unspecified atom stereocenters. The van der Waals surface area contributed by atoms with Crippen molar-refractivity contribution >= 4 is 28.4 Å². The highest BCUT2D eigenvalue weighted by atomic mass is 32.2. The van der Waals surface area contributed by atoms with Crippen molar-refractivity contribution in [2.45, 2.75) is 5.03 Å². The van der Waals surface area contributed by atoms with E-state index in [0.717, 1.165) is 10.9 Å². The number of hydrogen-bond acceptors (Lipinski definition) is 4. The second kappa shape index (κ2) is 6.15. The standard InChI is InChI=1S/C17H14N2O2S/c1-19-14-10-6-5-9-13(14)16(18-17(19)21)22-11-15(20)12-7-3-2-4-8-12/h2-10H,11H2,1H3. The Labute approximate surface area is 131 Å². The van der Waals surface area contributed by atoms with E-state index < -0.39 is 0 Å². The van der Waals surface area contributed by atoms with Crippen molar-refractivity contribution in [3.63, 3.8) is 0 Å². The number of para-hydroxylation sites is 1. The van der Waals surface area contributed by atoms with E-state index >= 15 is 0 Å². The number of benzene rings is 2. The number of aromatic nitrogens is 2. The minimum atomic E-state index is -0.312. The maximum atomic E-state index is 12.2. The van der Waals surface area contributed by atoms with Gasteiger partial charge in [0.25, 0.3) is 0 Å². The molecule has 0 aliphatic carbocycles. The molecular weight excluding hydrogens is 296 g/mol. The Hall–Kier alpha value is -2.40. The molecule has 3 rings (SSSR count). The molecular formula is C17H14N2O2S. The summed E-state index contributed by atoms with van der Waals surface area (Å²) < 4.78 is 1.51. The van der Waals surface area contributed by atoms with Gasteiger partial charge in [-0.25, -0.2) is 4.79 Å². The average molecular weight is 310 g/mol. The molecule has 1 heterocycles. The van der Waals surface area contributed by atoms with Gasteiger partial charge in [-0.2, -0.15) is 4.98 Å². The van der Waals surface area contributed by atoms with Crippen LogP contribution in [0, 0.1) is 0 Å². The number of carbonyl (C=O) groups excluding carboxylic acids is 1. The molecule has 3 aromatic rings. The maximum absolute atomic E-state index is 12.2. The van der Waals surface area contributed by atoms with Crippen LogP contribution in [0.25, 0.3) is 10.9 Å². The van der Waals surface area contributed by atoms with Crippen molar-refractivity contribution in [1.29, 1.82) is 0 Å². The Kier molecular flexibility index (Phi) is 4.06. The van der Waals surface area contributed by atoms with E-state index in [-0.39, 0.29) is 17.2 Å². The Morgan fingerprint density at radius 2 is 1.77 bits per heavy atom. The molecule has 110 valence electrons. The molecule has 0 spiro atoms. The Balaban J connectivity index is 1.90. The zero-order chi connectivity index (χ0) is 15.5. The smallest absolute Gasteiger partial charge is 0.295 e. The Morgan fingerprint density at radius 1 is 1.09 bits per heavy atom. The van der Waals surface area contributed by atoms with Crippen molar-refractivity contribution in [3.05, 3.63) is 70.6 Å². The number of ketones is 1. The number of fused-ring (bicyclic) bond motifs is 1. The van der Waals surface area contributed by atoms with Crippen molar-refractivity contribution in [1.82, 2.24) is 9.55 Å². The quantitative estimate of drug-likeness (QED) is 0.422. The van der Waals surface area contributed by atoms with Crippen molar-refractivity contribution in [2.24, 2.45) is 7.05 Å². The molecule has 0 bridgehead atoms. The summed E-state index contributed by atoms with van der Waals surface area (Å²) in [4.78, 5) is 28.2. The molecule has 0 radical (unpaired) electrons. The second-order valence-corrected chi connectivity index (χ2v) is 5.82. The first-order chi connectivity index (χ1) is 10.7. The van der Waals surface area contributed by atoms with Crippen LogP contribution >= 0.6 is 11.8 Å². The SMILES string of the molecule is Cn1c(=O)nc(SCC(=O)c2ccccc2)c2ccccc21. The molecule has 2 aromatic carbocycles. The lowest BCUT2D eigenvalue weighted by Crippen LogP contribution is -2.21. The van der Waals surface area contributed by atoms with Crippen LogP contribution in [0.1, 0.15) is 10.4 Å². The van der Waals surface area contributed by atoms with E-state index in [2.05, 4.69) is 4.98 Å². The fourth-order valence-electron chi connectivity index (χ4n) is 2.22. The van der Waals surface area contributed by atoms with Crippen LogP contribution in [0.15, 0.2) is 64.4 Å². The molecule has 4 nitrogen and oxygen atoms in total. The summed E-state index contributed by atoms with van der Waals surface area (Å²) in [5.74, 6) is 0.283. The zero-order valence-corrected chi connectivity index (χ0v) is 12.8. The molecule has 0 fully saturated rings. The van der Waals surface area contributed by atoms with Gasteiger partial charge < -0.3 is 0 Å². The predicted octanol–water partition coefficient (Wildman–Crippen LogP) is 2.91. The number of aryl methyl sites for hydroxylation is 1. The summed E-state index contributed by atoms with van der Waals surface area (Å²) in [7, 11) is 1.70.